The summed E-state index contributed by atoms with van der Waals surface area (Å²) in [7, 11) is -3.97. The summed E-state index contributed by atoms with van der Waals surface area (Å²) in [6.07, 6.45) is 0. The number of aromatic nitrogens is 3. The molecule has 10 nitrogen and oxygen atoms in total. The van der Waals surface area contributed by atoms with Gasteiger partial charge in [-0.1, -0.05) is 13.8 Å². The Balaban J connectivity index is 1.69. The number of carbonyl (C=O) groups excluding carboxylic acids is 1. The Bertz CT molecular complexity index is 1650. The fraction of sp³-hybridized carbons (Fsp3) is 0.208. The zero-order chi connectivity index (χ0) is 26.4. The SMILES string of the molecule is Cc1cc(C)nc(NS(=O)(=O)c2ccc(C(=O)c3sc4nc(N)c(C#N)c(C(C)C)c4c3N)cc2)n1. The minimum atomic E-state index is -3.97. The van der Waals surface area contributed by atoms with Crippen LogP contribution in [0.2, 0.25) is 0 Å². The fourth-order valence-electron chi connectivity index (χ4n) is 3.93. The highest BCUT2D eigenvalue weighted by atomic mass is 32.2. The third kappa shape index (κ3) is 4.46. The molecule has 0 saturated carbocycles. The van der Waals surface area contributed by atoms with Crippen LogP contribution in [0.3, 0.4) is 0 Å². The second-order valence-electron chi connectivity index (χ2n) is 8.51. The van der Waals surface area contributed by atoms with Gasteiger partial charge >= 0.3 is 0 Å². The Labute approximate surface area is 212 Å². The summed E-state index contributed by atoms with van der Waals surface area (Å²) in [6.45, 7) is 7.29. The maximum atomic E-state index is 13.3. The van der Waals surface area contributed by atoms with Crippen LogP contribution in [0, 0.1) is 25.2 Å². The number of hydrogen-bond acceptors (Lipinski definition) is 10. The number of nitrogen functional groups attached to an aromatic ring is 2. The highest BCUT2D eigenvalue weighted by Crippen LogP contribution is 2.41. The van der Waals surface area contributed by atoms with Gasteiger partial charge < -0.3 is 11.5 Å². The van der Waals surface area contributed by atoms with Gasteiger partial charge in [0.1, 0.15) is 21.6 Å². The Morgan fingerprint density at radius 1 is 1.08 bits per heavy atom. The molecule has 0 aliphatic rings. The minimum absolute atomic E-state index is 0.0322. The number of nitrogens with two attached hydrogens (primary N) is 2. The molecule has 1 aromatic carbocycles. The first-order valence-corrected chi connectivity index (χ1v) is 13.1. The van der Waals surface area contributed by atoms with E-state index in [1.165, 1.54) is 24.3 Å². The number of nitrogens with one attached hydrogen (secondary N) is 1. The normalized spacial score (nSPS) is 11.6. The van der Waals surface area contributed by atoms with E-state index in [9.17, 15) is 18.5 Å². The van der Waals surface area contributed by atoms with Crippen LogP contribution in [0.5, 0.6) is 0 Å². The largest absolute Gasteiger partial charge is 0.397 e. The summed E-state index contributed by atoms with van der Waals surface area (Å²) in [5.41, 5.74) is 15.0. The number of thiophene rings is 1. The number of carbonyl (C=O) groups is 1. The Hall–Kier alpha value is -4.08. The number of hydrogen-bond donors (Lipinski definition) is 3. The molecule has 36 heavy (non-hydrogen) atoms. The number of benzene rings is 1. The number of nitrogens with zero attached hydrogens (tertiary/aromatic N) is 4. The Kier molecular flexibility index (Phi) is 6.38. The van der Waals surface area contributed by atoms with Crippen molar-refractivity contribution in [1.82, 2.24) is 15.0 Å². The molecule has 0 spiro atoms. The summed E-state index contributed by atoms with van der Waals surface area (Å²) in [6, 6.07) is 9.29. The van der Waals surface area contributed by atoms with Crippen LogP contribution in [0.4, 0.5) is 17.5 Å². The predicted octanol–water partition coefficient (Wildman–Crippen LogP) is 3.89. The molecule has 0 fully saturated rings. The molecule has 4 aromatic rings. The second kappa shape index (κ2) is 9.18. The lowest BCUT2D eigenvalue weighted by atomic mass is 9.94. The summed E-state index contributed by atoms with van der Waals surface area (Å²) < 4.78 is 28.0. The maximum Gasteiger partial charge on any atom is 0.264 e. The van der Waals surface area contributed by atoms with Crippen LogP contribution in [0.15, 0.2) is 35.2 Å². The van der Waals surface area contributed by atoms with Gasteiger partial charge in [0, 0.05) is 22.3 Å². The van der Waals surface area contributed by atoms with Crippen molar-refractivity contribution in [1.29, 1.82) is 5.26 Å². The third-order valence-electron chi connectivity index (χ3n) is 5.47. The van der Waals surface area contributed by atoms with E-state index in [0.29, 0.717) is 27.2 Å². The molecule has 3 heterocycles. The quantitative estimate of drug-likeness (QED) is 0.317. The third-order valence-corrected chi connectivity index (χ3v) is 7.92. The molecular formula is C24H23N7O3S2. The van der Waals surface area contributed by atoms with E-state index >= 15 is 0 Å². The first-order valence-electron chi connectivity index (χ1n) is 10.8. The van der Waals surface area contributed by atoms with E-state index in [4.69, 9.17) is 11.5 Å². The minimum Gasteiger partial charge on any atom is -0.397 e. The molecule has 184 valence electrons. The lowest BCUT2D eigenvalue weighted by Crippen LogP contribution is -2.16. The molecule has 4 rings (SSSR count). The molecule has 3 aromatic heterocycles. The van der Waals surface area contributed by atoms with Crippen molar-refractivity contribution in [2.45, 2.75) is 38.5 Å². The van der Waals surface area contributed by atoms with Gasteiger partial charge in [-0.3, -0.25) is 4.79 Å². The average Bonchev–Trinajstić information content (AvgIpc) is 3.12. The zero-order valence-corrected chi connectivity index (χ0v) is 21.6. The van der Waals surface area contributed by atoms with E-state index in [2.05, 4.69) is 25.7 Å². The van der Waals surface area contributed by atoms with Gasteiger partial charge in [-0.2, -0.15) is 5.26 Å². The number of fused-ring (bicyclic) bond motifs is 1. The first kappa shape index (κ1) is 25.0. The van der Waals surface area contributed by atoms with E-state index in [0.717, 1.165) is 11.3 Å². The number of ketones is 1. The lowest BCUT2D eigenvalue weighted by molar-refractivity contribution is 0.104. The van der Waals surface area contributed by atoms with Crippen molar-refractivity contribution in [2.75, 3.05) is 16.2 Å². The monoisotopic (exact) mass is 521 g/mol. The summed E-state index contributed by atoms with van der Waals surface area (Å²) >= 11 is 1.08. The van der Waals surface area contributed by atoms with Crippen LogP contribution in [0.1, 0.15) is 57.5 Å². The van der Waals surface area contributed by atoms with Crippen molar-refractivity contribution >= 4 is 54.8 Å². The highest BCUT2D eigenvalue weighted by molar-refractivity contribution is 7.92. The molecule has 0 unspecified atom stereocenters. The number of sulfonamides is 1. The number of nitriles is 1. The van der Waals surface area contributed by atoms with Gasteiger partial charge in [-0.05, 0) is 55.7 Å². The van der Waals surface area contributed by atoms with Crippen LogP contribution in [0.25, 0.3) is 10.2 Å². The first-order chi connectivity index (χ1) is 16.9. The van der Waals surface area contributed by atoms with Crippen molar-refractivity contribution in [3.8, 4) is 6.07 Å². The maximum absolute atomic E-state index is 13.3. The molecule has 0 atom stereocenters. The average molecular weight is 522 g/mol. The molecule has 0 amide bonds. The number of pyridine rings is 1. The molecule has 0 radical (unpaired) electrons. The van der Waals surface area contributed by atoms with Gasteiger partial charge in [-0.15, -0.1) is 11.3 Å². The second-order valence-corrected chi connectivity index (χ2v) is 11.2. The standard InChI is InChI=1S/C24H23N7O3S2/c1-11(2)17-16(10-25)22(27)30-23-18(17)19(26)21(35-23)20(32)14-5-7-15(8-6-14)36(33,34)31-24-28-12(3)9-13(4)29-24/h5-9,11H,26H2,1-4H3,(H2,27,30)(H,28,29,31). The van der Waals surface area contributed by atoms with Crippen molar-refractivity contribution in [3.63, 3.8) is 0 Å². The molecule has 0 saturated heterocycles. The van der Waals surface area contributed by atoms with Gasteiger partial charge in [-0.25, -0.2) is 28.1 Å². The highest BCUT2D eigenvalue weighted by Gasteiger charge is 2.25. The molecular weight excluding hydrogens is 498 g/mol. The predicted molar refractivity (Wildman–Crippen MR) is 139 cm³/mol. The molecule has 0 aliphatic heterocycles. The summed E-state index contributed by atoms with van der Waals surface area (Å²) in [5, 5.41) is 10.1. The Morgan fingerprint density at radius 3 is 2.25 bits per heavy atom. The number of anilines is 3. The number of aryl methyl sites for hydroxylation is 2. The van der Waals surface area contributed by atoms with Gasteiger partial charge in [0.25, 0.3) is 10.0 Å². The number of rotatable bonds is 6. The van der Waals surface area contributed by atoms with Crippen molar-refractivity contribution < 1.29 is 13.2 Å². The fourth-order valence-corrected chi connectivity index (χ4v) is 5.96. The summed E-state index contributed by atoms with van der Waals surface area (Å²) in [5.74, 6) is -0.416. The molecule has 0 aliphatic carbocycles. The summed E-state index contributed by atoms with van der Waals surface area (Å²) in [4.78, 5) is 26.4. The van der Waals surface area contributed by atoms with Gasteiger partial charge in [0.05, 0.1) is 16.1 Å². The topological polar surface area (TPSA) is 178 Å². The zero-order valence-electron chi connectivity index (χ0n) is 19.9. The van der Waals surface area contributed by atoms with Crippen molar-refractivity contribution in [3.05, 3.63) is 63.3 Å². The van der Waals surface area contributed by atoms with Crippen LogP contribution < -0.4 is 16.2 Å². The van der Waals surface area contributed by atoms with Gasteiger partial charge in [0.15, 0.2) is 0 Å². The van der Waals surface area contributed by atoms with E-state index in [-0.39, 0.29) is 44.3 Å². The van der Waals surface area contributed by atoms with E-state index in [1.807, 2.05) is 13.8 Å². The van der Waals surface area contributed by atoms with Crippen molar-refractivity contribution in [2.24, 2.45) is 0 Å². The van der Waals surface area contributed by atoms with Gasteiger partial charge in [0.2, 0.25) is 11.7 Å². The van der Waals surface area contributed by atoms with Crippen LogP contribution >= 0.6 is 11.3 Å². The van der Waals surface area contributed by atoms with Crippen LogP contribution in [-0.2, 0) is 10.0 Å². The van der Waals surface area contributed by atoms with E-state index < -0.39 is 15.8 Å². The smallest absolute Gasteiger partial charge is 0.264 e. The van der Waals surface area contributed by atoms with Crippen LogP contribution in [-0.4, -0.2) is 29.2 Å². The van der Waals surface area contributed by atoms with E-state index in [1.54, 1.807) is 19.9 Å². The lowest BCUT2D eigenvalue weighted by Gasteiger charge is -2.12. The molecule has 0 bridgehead atoms. The molecule has 12 heteroatoms. The molecule has 5 N–H and O–H groups in total. The Morgan fingerprint density at radius 2 is 1.69 bits per heavy atom.